The molecule has 26 heavy (non-hydrogen) atoms. The summed E-state index contributed by atoms with van der Waals surface area (Å²) >= 11 is 5.22. The van der Waals surface area contributed by atoms with E-state index in [1.807, 2.05) is 38.1 Å². The van der Waals surface area contributed by atoms with E-state index in [4.69, 9.17) is 17.0 Å². The van der Waals surface area contributed by atoms with E-state index in [9.17, 15) is 9.59 Å². The highest BCUT2D eigenvalue weighted by Gasteiger charge is 2.34. The number of aryl methyl sites for hydroxylation is 1. The van der Waals surface area contributed by atoms with E-state index in [0.29, 0.717) is 18.0 Å². The molecule has 2 aromatic rings. The zero-order valence-electron chi connectivity index (χ0n) is 14.5. The molecule has 1 heterocycles. The van der Waals surface area contributed by atoms with E-state index >= 15 is 0 Å². The van der Waals surface area contributed by atoms with Crippen LogP contribution in [0.5, 0.6) is 5.75 Å². The fourth-order valence-electron chi connectivity index (χ4n) is 2.68. The molecule has 3 rings (SSSR count). The van der Waals surface area contributed by atoms with Gasteiger partial charge in [0, 0.05) is 6.07 Å². The van der Waals surface area contributed by atoms with Gasteiger partial charge in [0.05, 0.1) is 12.3 Å². The zero-order valence-corrected chi connectivity index (χ0v) is 15.3. The first kappa shape index (κ1) is 17.8. The number of hydrogen-bond donors (Lipinski definition) is 1. The summed E-state index contributed by atoms with van der Waals surface area (Å²) in [7, 11) is 0. The predicted octanol–water partition coefficient (Wildman–Crippen LogP) is 3.23. The lowest BCUT2D eigenvalue weighted by atomic mass is 10.0. The normalized spacial score (nSPS) is 16.0. The summed E-state index contributed by atoms with van der Waals surface area (Å²) in [5.41, 5.74) is 2.36. The summed E-state index contributed by atoms with van der Waals surface area (Å²) < 4.78 is 5.48. The fraction of sp³-hybridized carbons (Fsp3) is 0.150. The van der Waals surface area contributed by atoms with Gasteiger partial charge in [0.2, 0.25) is 0 Å². The van der Waals surface area contributed by atoms with Crippen LogP contribution in [0.4, 0.5) is 5.69 Å². The van der Waals surface area contributed by atoms with Crippen molar-refractivity contribution in [2.75, 3.05) is 11.5 Å². The van der Waals surface area contributed by atoms with Crippen molar-refractivity contribution in [3.63, 3.8) is 0 Å². The van der Waals surface area contributed by atoms with E-state index < -0.39 is 11.8 Å². The minimum Gasteiger partial charge on any atom is -0.494 e. The van der Waals surface area contributed by atoms with Gasteiger partial charge in [-0.2, -0.15) is 0 Å². The Morgan fingerprint density at radius 2 is 1.92 bits per heavy atom. The van der Waals surface area contributed by atoms with Crippen LogP contribution in [0.3, 0.4) is 0 Å². The Bertz CT molecular complexity index is 921. The van der Waals surface area contributed by atoms with Gasteiger partial charge in [-0.05, 0) is 55.4 Å². The number of nitrogens with zero attached hydrogens (tertiary/aromatic N) is 1. The molecule has 0 spiro atoms. The van der Waals surface area contributed by atoms with Crippen LogP contribution in [0.1, 0.15) is 18.1 Å². The van der Waals surface area contributed by atoms with Crippen molar-refractivity contribution in [1.82, 2.24) is 5.32 Å². The van der Waals surface area contributed by atoms with E-state index in [1.165, 1.54) is 4.90 Å². The summed E-state index contributed by atoms with van der Waals surface area (Å²) in [5, 5.41) is 2.64. The lowest BCUT2D eigenvalue weighted by molar-refractivity contribution is -0.122. The quantitative estimate of drug-likeness (QED) is 0.513. The van der Waals surface area contributed by atoms with Crippen molar-refractivity contribution in [1.29, 1.82) is 0 Å². The van der Waals surface area contributed by atoms with Gasteiger partial charge < -0.3 is 4.74 Å². The Kier molecular flexibility index (Phi) is 5.14. The molecule has 1 saturated heterocycles. The van der Waals surface area contributed by atoms with Crippen LogP contribution < -0.4 is 15.0 Å². The van der Waals surface area contributed by atoms with Crippen LogP contribution >= 0.6 is 12.2 Å². The summed E-state index contributed by atoms with van der Waals surface area (Å²) in [5.74, 6) is -0.335. The molecule has 1 aliphatic heterocycles. The second-order valence-corrected chi connectivity index (χ2v) is 6.13. The van der Waals surface area contributed by atoms with Crippen LogP contribution in [0, 0.1) is 6.92 Å². The Morgan fingerprint density at radius 1 is 1.15 bits per heavy atom. The molecule has 132 valence electrons. The summed E-state index contributed by atoms with van der Waals surface area (Å²) in [6.07, 6.45) is 1.59. The summed E-state index contributed by atoms with van der Waals surface area (Å²) in [4.78, 5) is 26.6. The molecule has 2 amide bonds. The van der Waals surface area contributed by atoms with Crippen molar-refractivity contribution in [3.8, 4) is 5.75 Å². The number of thiocarbonyl (C=S) groups is 1. The van der Waals surface area contributed by atoms with E-state index in [0.717, 1.165) is 11.1 Å². The number of nitrogens with one attached hydrogen (secondary N) is 1. The molecule has 0 bridgehead atoms. The molecular weight excluding hydrogens is 348 g/mol. The van der Waals surface area contributed by atoms with Crippen LogP contribution in [0.25, 0.3) is 6.08 Å². The number of amides is 2. The molecule has 0 unspecified atom stereocenters. The third-order valence-corrected chi connectivity index (χ3v) is 4.26. The topological polar surface area (TPSA) is 58.6 Å². The maximum absolute atomic E-state index is 13.0. The molecule has 0 atom stereocenters. The van der Waals surface area contributed by atoms with Gasteiger partial charge in [0.15, 0.2) is 5.11 Å². The average molecular weight is 366 g/mol. The van der Waals surface area contributed by atoms with Gasteiger partial charge in [0.25, 0.3) is 11.8 Å². The number of rotatable bonds is 4. The number of anilines is 1. The van der Waals surface area contributed by atoms with Crippen molar-refractivity contribution < 1.29 is 14.3 Å². The molecule has 0 aromatic heterocycles. The number of ether oxygens (including phenoxy) is 1. The Balaban J connectivity index is 2.01. The predicted molar refractivity (Wildman–Crippen MR) is 105 cm³/mol. The van der Waals surface area contributed by atoms with E-state index in [1.54, 1.807) is 30.3 Å². The minimum absolute atomic E-state index is 0.0368. The zero-order chi connectivity index (χ0) is 18.7. The van der Waals surface area contributed by atoms with Crippen LogP contribution in [-0.4, -0.2) is 23.5 Å². The van der Waals surface area contributed by atoms with Crippen molar-refractivity contribution >= 4 is 40.9 Å². The second kappa shape index (κ2) is 7.49. The second-order valence-electron chi connectivity index (χ2n) is 5.74. The molecule has 6 heteroatoms. The van der Waals surface area contributed by atoms with Crippen molar-refractivity contribution in [2.45, 2.75) is 13.8 Å². The summed E-state index contributed by atoms with van der Waals surface area (Å²) in [6, 6.07) is 14.6. The van der Waals surface area contributed by atoms with Crippen molar-refractivity contribution in [2.24, 2.45) is 0 Å². The van der Waals surface area contributed by atoms with Gasteiger partial charge in [-0.25, -0.2) is 0 Å². The lowest BCUT2D eigenvalue weighted by Gasteiger charge is -2.29. The largest absolute Gasteiger partial charge is 0.494 e. The molecule has 1 aliphatic rings. The van der Waals surface area contributed by atoms with Crippen LogP contribution in [0.15, 0.2) is 54.1 Å². The first-order valence-corrected chi connectivity index (χ1v) is 8.62. The minimum atomic E-state index is -0.500. The smallest absolute Gasteiger partial charge is 0.270 e. The number of hydrogen-bond acceptors (Lipinski definition) is 4. The fourth-order valence-corrected chi connectivity index (χ4v) is 2.96. The van der Waals surface area contributed by atoms with Gasteiger partial charge in [-0.1, -0.05) is 30.3 Å². The van der Waals surface area contributed by atoms with Gasteiger partial charge in [0.1, 0.15) is 11.3 Å². The van der Waals surface area contributed by atoms with E-state index in [-0.39, 0.29) is 10.7 Å². The molecule has 2 aromatic carbocycles. The Labute approximate surface area is 157 Å². The van der Waals surface area contributed by atoms with Crippen molar-refractivity contribution in [3.05, 3.63) is 65.2 Å². The third kappa shape index (κ3) is 3.50. The van der Waals surface area contributed by atoms with Gasteiger partial charge >= 0.3 is 0 Å². The maximum Gasteiger partial charge on any atom is 0.270 e. The highest BCUT2D eigenvalue weighted by atomic mass is 32.1. The maximum atomic E-state index is 13.0. The van der Waals surface area contributed by atoms with Gasteiger partial charge in [-0.15, -0.1) is 0 Å². The molecule has 1 N–H and O–H groups in total. The molecular formula is C20H18N2O3S. The molecule has 0 aliphatic carbocycles. The highest BCUT2D eigenvalue weighted by molar-refractivity contribution is 7.80. The third-order valence-electron chi connectivity index (χ3n) is 3.98. The van der Waals surface area contributed by atoms with Crippen LogP contribution in [-0.2, 0) is 9.59 Å². The SMILES string of the molecule is CCOc1cccc(N2C(=O)/C(=C\c3ccccc3C)C(=O)NC2=S)c1. The number of carbonyl (C=O) groups is 2. The van der Waals surface area contributed by atoms with Gasteiger partial charge in [-0.3, -0.25) is 19.8 Å². The monoisotopic (exact) mass is 366 g/mol. The lowest BCUT2D eigenvalue weighted by Crippen LogP contribution is -2.54. The summed E-state index contributed by atoms with van der Waals surface area (Å²) in [6.45, 7) is 4.31. The Hall–Kier alpha value is -2.99. The van der Waals surface area contributed by atoms with Crippen LogP contribution in [0.2, 0.25) is 0 Å². The molecule has 5 nitrogen and oxygen atoms in total. The average Bonchev–Trinajstić information content (AvgIpc) is 2.60. The standard InChI is InChI=1S/C20H18N2O3S/c1-3-25-16-10-6-9-15(12-16)22-19(24)17(18(23)21-20(22)26)11-14-8-5-4-7-13(14)2/h4-12H,3H2,1-2H3,(H,21,23,26)/b17-11-. The molecule has 0 radical (unpaired) electrons. The van der Waals surface area contributed by atoms with E-state index in [2.05, 4.69) is 5.32 Å². The first-order valence-electron chi connectivity index (χ1n) is 8.21. The molecule has 0 saturated carbocycles. The molecule has 1 fully saturated rings. The Morgan fingerprint density at radius 3 is 2.65 bits per heavy atom. The first-order chi connectivity index (χ1) is 12.5. The number of benzene rings is 2. The highest BCUT2D eigenvalue weighted by Crippen LogP contribution is 2.26. The number of carbonyl (C=O) groups excluding carboxylic acids is 2.